The van der Waals surface area contributed by atoms with E-state index in [1.54, 1.807) is 0 Å². The van der Waals surface area contributed by atoms with E-state index >= 15 is 0 Å². The number of carbonyl (C=O) groups is 1. The number of nitrogens with zero attached hydrogens (tertiary/aromatic N) is 2. The van der Waals surface area contributed by atoms with Crippen LogP contribution in [0.2, 0.25) is 5.22 Å². The summed E-state index contributed by atoms with van der Waals surface area (Å²) in [6.07, 6.45) is 0.0456. The second kappa shape index (κ2) is 3.15. The average Bonchev–Trinajstić information content (AvgIpc) is 2.42. The molecule has 2 heterocycles. The van der Waals surface area contributed by atoms with Gasteiger partial charge in [0.15, 0.2) is 11.0 Å². The molecule has 2 aromatic heterocycles. The molecule has 0 unspecified atom stereocenters. The third kappa shape index (κ3) is 1.60. The molecule has 0 spiro atoms. The standard InChI is InChI=1S/C7H4ClN3O3/c8-4-1-3-6(14-4)9-2-5(10-3)11-7(12)13/h1-2H,(H,10,11)(H,12,13). The van der Waals surface area contributed by atoms with Crippen molar-refractivity contribution in [3.63, 3.8) is 0 Å². The van der Waals surface area contributed by atoms with Gasteiger partial charge in [-0.25, -0.2) is 14.8 Å². The van der Waals surface area contributed by atoms with Crippen molar-refractivity contribution in [1.29, 1.82) is 0 Å². The average molecular weight is 214 g/mol. The van der Waals surface area contributed by atoms with Crippen molar-refractivity contribution >= 4 is 34.7 Å². The first kappa shape index (κ1) is 8.76. The van der Waals surface area contributed by atoms with Gasteiger partial charge in [-0.15, -0.1) is 0 Å². The lowest BCUT2D eigenvalue weighted by atomic mass is 10.5. The van der Waals surface area contributed by atoms with Gasteiger partial charge in [0.2, 0.25) is 5.71 Å². The Bertz CT molecular complexity index is 496. The van der Waals surface area contributed by atoms with Crippen LogP contribution in [-0.2, 0) is 0 Å². The molecule has 2 rings (SSSR count). The third-order valence-electron chi connectivity index (χ3n) is 1.44. The Morgan fingerprint density at radius 2 is 2.43 bits per heavy atom. The maximum Gasteiger partial charge on any atom is 0.410 e. The highest BCUT2D eigenvalue weighted by molar-refractivity contribution is 6.29. The summed E-state index contributed by atoms with van der Waals surface area (Å²) in [6.45, 7) is 0. The molecule has 7 heteroatoms. The monoisotopic (exact) mass is 213 g/mol. The van der Waals surface area contributed by atoms with Crippen molar-refractivity contribution in [2.45, 2.75) is 0 Å². The molecule has 0 atom stereocenters. The number of anilines is 1. The first-order chi connectivity index (χ1) is 6.65. The van der Waals surface area contributed by atoms with Gasteiger partial charge >= 0.3 is 6.09 Å². The van der Waals surface area contributed by atoms with Crippen molar-refractivity contribution in [2.75, 3.05) is 5.32 Å². The molecule has 0 fully saturated rings. The van der Waals surface area contributed by atoms with Crippen LogP contribution in [0.3, 0.4) is 0 Å². The molecule has 0 aliphatic carbocycles. The molecule has 0 aliphatic rings. The summed E-state index contributed by atoms with van der Waals surface area (Å²) in [5, 5.41) is 10.6. The largest absolute Gasteiger partial charge is 0.465 e. The number of hydrogen-bond acceptors (Lipinski definition) is 4. The van der Waals surface area contributed by atoms with Gasteiger partial charge in [-0.1, -0.05) is 0 Å². The van der Waals surface area contributed by atoms with Gasteiger partial charge in [0.25, 0.3) is 0 Å². The second-order valence-electron chi connectivity index (χ2n) is 2.43. The molecular weight excluding hydrogens is 210 g/mol. The van der Waals surface area contributed by atoms with E-state index in [0.29, 0.717) is 5.52 Å². The summed E-state index contributed by atoms with van der Waals surface area (Å²) in [5.74, 6) is 0.127. The Kier molecular flexibility index (Phi) is 1.97. The van der Waals surface area contributed by atoms with Gasteiger partial charge in [-0.2, -0.15) is 0 Å². The van der Waals surface area contributed by atoms with Crippen LogP contribution in [0.4, 0.5) is 10.6 Å². The number of amides is 1. The van der Waals surface area contributed by atoms with Crippen molar-refractivity contribution in [3.8, 4) is 0 Å². The number of rotatable bonds is 1. The highest BCUT2D eigenvalue weighted by Gasteiger charge is 2.06. The van der Waals surface area contributed by atoms with E-state index in [1.807, 2.05) is 0 Å². The summed E-state index contributed by atoms with van der Waals surface area (Å²) >= 11 is 5.56. The van der Waals surface area contributed by atoms with Crippen LogP contribution in [0, 0.1) is 0 Å². The SMILES string of the molecule is O=C(O)Nc1cnc2oc(Cl)cc2n1. The molecule has 14 heavy (non-hydrogen) atoms. The quantitative estimate of drug-likeness (QED) is 0.756. The minimum Gasteiger partial charge on any atom is -0.465 e. The number of hydrogen-bond donors (Lipinski definition) is 2. The molecular formula is C7H4ClN3O3. The lowest BCUT2D eigenvalue weighted by Gasteiger charge is -1.96. The lowest BCUT2D eigenvalue weighted by Crippen LogP contribution is -2.08. The Balaban J connectivity index is 2.45. The van der Waals surface area contributed by atoms with Crippen LogP contribution in [0.15, 0.2) is 16.7 Å². The smallest absolute Gasteiger partial charge is 0.410 e. The first-order valence-corrected chi connectivity index (χ1v) is 3.95. The zero-order chi connectivity index (χ0) is 10.1. The summed E-state index contributed by atoms with van der Waals surface area (Å²) in [5.41, 5.74) is 0.673. The van der Waals surface area contributed by atoms with Crippen LogP contribution >= 0.6 is 11.6 Å². The van der Waals surface area contributed by atoms with Gasteiger partial charge in [0.1, 0.15) is 5.52 Å². The Morgan fingerprint density at radius 1 is 1.64 bits per heavy atom. The maximum absolute atomic E-state index is 10.3. The van der Waals surface area contributed by atoms with Crippen LogP contribution < -0.4 is 5.32 Å². The third-order valence-corrected chi connectivity index (χ3v) is 1.63. The second-order valence-corrected chi connectivity index (χ2v) is 2.80. The Morgan fingerprint density at radius 3 is 3.14 bits per heavy atom. The van der Waals surface area contributed by atoms with E-state index in [-0.39, 0.29) is 16.8 Å². The predicted octanol–water partition coefficient (Wildman–Crippen LogP) is 1.97. The number of carboxylic acid groups (broad SMARTS) is 1. The molecule has 0 saturated heterocycles. The normalized spacial score (nSPS) is 10.4. The van der Waals surface area contributed by atoms with Crippen LogP contribution in [-0.4, -0.2) is 21.2 Å². The summed E-state index contributed by atoms with van der Waals surface area (Å²) in [7, 11) is 0. The topological polar surface area (TPSA) is 88.2 Å². The van der Waals surface area contributed by atoms with Crippen molar-refractivity contribution in [2.24, 2.45) is 0 Å². The molecule has 1 amide bonds. The van der Waals surface area contributed by atoms with Crippen LogP contribution in [0.1, 0.15) is 0 Å². The molecule has 0 aromatic carbocycles. The van der Waals surface area contributed by atoms with E-state index in [4.69, 9.17) is 21.1 Å². The van der Waals surface area contributed by atoms with E-state index in [1.165, 1.54) is 12.3 Å². The number of nitrogens with one attached hydrogen (secondary N) is 1. The summed E-state index contributed by atoms with van der Waals surface area (Å²) < 4.78 is 4.94. The fourth-order valence-corrected chi connectivity index (χ4v) is 1.14. The maximum atomic E-state index is 10.3. The van der Waals surface area contributed by atoms with E-state index < -0.39 is 6.09 Å². The molecule has 2 aromatic rings. The van der Waals surface area contributed by atoms with Crippen LogP contribution in [0.5, 0.6) is 0 Å². The Hall–Kier alpha value is -1.82. The van der Waals surface area contributed by atoms with Gasteiger partial charge < -0.3 is 9.52 Å². The molecule has 2 N–H and O–H groups in total. The Labute approximate surface area is 82.5 Å². The zero-order valence-corrected chi connectivity index (χ0v) is 7.45. The van der Waals surface area contributed by atoms with Crippen molar-refractivity contribution in [1.82, 2.24) is 9.97 Å². The van der Waals surface area contributed by atoms with Gasteiger partial charge in [0, 0.05) is 6.07 Å². The highest BCUT2D eigenvalue weighted by atomic mass is 35.5. The molecule has 72 valence electrons. The van der Waals surface area contributed by atoms with E-state index in [9.17, 15) is 4.79 Å². The fourth-order valence-electron chi connectivity index (χ4n) is 0.964. The molecule has 0 saturated carbocycles. The number of fused-ring (bicyclic) bond motifs is 1. The molecule has 0 aliphatic heterocycles. The van der Waals surface area contributed by atoms with Gasteiger partial charge in [0.05, 0.1) is 6.20 Å². The summed E-state index contributed by atoms with van der Waals surface area (Å²) in [6, 6.07) is 1.46. The minimum atomic E-state index is -1.20. The number of furan rings is 1. The van der Waals surface area contributed by atoms with Crippen molar-refractivity contribution < 1.29 is 14.3 Å². The zero-order valence-electron chi connectivity index (χ0n) is 6.69. The molecule has 6 nitrogen and oxygen atoms in total. The highest BCUT2D eigenvalue weighted by Crippen LogP contribution is 2.20. The number of aromatic nitrogens is 2. The van der Waals surface area contributed by atoms with Crippen molar-refractivity contribution in [3.05, 3.63) is 17.5 Å². The fraction of sp³-hybridized carbons (Fsp3) is 0. The first-order valence-electron chi connectivity index (χ1n) is 3.57. The van der Waals surface area contributed by atoms with E-state index in [2.05, 4.69) is 15.3 Å². The summed E-state index contributed by atoms with van der Waals surface area (Å²) in [4.78, 5) is 18.0. The lowest BCUT2D eigenvalue weighted by molar-refractivity contribution is 0.209. The van der Waals surface area contributed by atoms with Gasteiger partial charge in [-0.3, -0.25) is 5.32 Å². The van der Waals surface area contributed by atoms with Gasteiger partial charge in [-0.05, 0) is 11.6 Å². The number of halogens is 1. The minimum absolute atomic E-state index is 0.127. The predicted molar refractivity (Wildman–Crippen MR) is 48.5 cm³/mol. The van der Waals surface area contributed by atoms with Crippen LogP contribution in [0.25, 0.3) is 11.2 Å². The van der Waals surface area contributed by atoms with E-state index in [0.717, 1.165) is 0 Å². The molecule has 0 radical (unpaired) electrons. The molecule has 0 bridgehead atoms.